The van der Waals surface area contributed by atoms with Crippen molar-refractivity contribution in [3.63, 3.8) is 0 Å². The number of urea groups is 1. The van der Waals surface area contributed by atoms with Crippen LogP contribution in [0, 0.1) is 0 Å². The fourth-order valence-electron chi connectivity index (χ4n) is 1.35. The normalized spacial score (nSPS) is 10.3. The fraction of sp³-hybridized carbons (Fsp3) is 0.462. The van der Waals surface area contributed by atoms with E-state index in [-0.39, 0.29) is 6.03 Å². The molecule has 0 aromatic heterocycles. The van der Waals surface area contributed by atoms with Gasteiger partial charge in [0.25, 0.3) is 0 Å². The summed E-state index contributed by atoms with van der Waals surface area (Å²) in [5, 5.41) is 5.50. The molecule has 2 amide bonds. The van der Waals surface area contributed by atoms with Crippen LogP contribution in [0.3, 0.4) is 0 Å². The summed E-state index contributed by atoms with van der Waals surface area (Å²) >= 11 is 3.37. The molecule has 0 aliphatic heterocycles. The van der Waals surface area contributed by atoms with Gasteiger partial charge in [0.15, 0.2) is 0 Å². The Morgan fingerprint density at radius 1 is 1.32 bits per heavy atom. The predicted octanol–water partition coefficient (Wildman–Crippen LogP) is 1.69. The first kappa shape index (κ1) is 15.8. The van der Waals surface area contributed by atoms with E-state index in [4.69, 9.17) is 4.74 Å². The summed E-state index contributed by atoms with van der Waals surface area (Å²) < 4.78 is 6.47. The zero-order chi connectivity index (χ0) is 14.1. The van der Waals surface area contributed by atoms with E-state index in [2.05, 4.69) is 26.6 Å². The van der Waals surface area contributed by atoms with Crippen molar-refractivity contribution in [1.29, 1.82) is 0 Å². The molecule has 1 aromatic rings. The number of nitrogens with one attached hydrogen (secondary N) is 2. The molecule has 0 spiro atoms. The summed E-state index contributed by atoms with van der Waals surface area (Å²) in [4.78, 5) is 13.4. The lowest BCUT2D eigenvalue weighted by Gasteiger charge is -2.11. The highest BCUT2D eigenvalue weighted by atomic mass is 79.9. The van der Waals surface area contributed by atoms with E-state index in [9.17, 15) is 4.79 Å². The average molecular weight is 330 g/mol. The van der Waals surface area contributed by atoms with Gasteiger partial charge in [0.2, 0.25) is 0 Å². The van der Waals surface area contributed by atoms with Gasteiger partial charge in [-0.05, 0) is 32.3 Å². The molecule has 0 heterocycles. The van der Waals surface area contributed by atoms with Gasteiger partial charge in [-0.2, -0.15) is 0 Å². The summed E-state index contributed by atoms with van der Waals surface area (Å²) in [6.07, 6.45) is 0. The molecule has 2 N–H and O–H groups in total. The summed E-state index contributed by atoms with van der Waals surface area (Å²) in [7, 11) is 3.93. The van der Waals surface area contributed by atoms with Crippen LogP contribution in [0.1, 0.15) is 0 Å². The fourth-order valence-corrected chi connectivity index (χ4v) is 1.72. The van der Waals surface area contributed by atoms with Crippen LogP contribution in [-0.2, 0) is 0 Å². The van der Waals surface area contributed by atoms with Gasteiger partial charge in [0.1, 0.15) is 12.4 Å². The molecule has 0 unspecified atom stereocenters. The van der Waals surface area contributed by atoms with Gasteiger partial charge in [0, 0.05) is 17.6 Å². The van der Waals surface area contributed by atoms with Crippen molar-refractivity contribution in [2.24, 2.45) is 0 Å². The number of carbonyl (C=O) groups excluding carboxylic acids is 1. The highest BCUT2D eigenvalue weighted by Gasteiger charge is 1.99. The minimum Gasteiger partial charge on any atom is -0.492 e. The summed E-state index contributed by atoms with van der Waals surface area (Å²) in [5.74, 6) is 0.782. The number of rotatable bonds is 7. The smallest absolute Gasteiger partial charge is 0.314 e. The number of hydrogen-bond acceptors (Lipinski definition) is 3. The van der Waals surface area contributed by atoms with Crippen molar-refractivity contribution in [3.8, 4) is 5.75 Å². The van der Waals surface area contributed by atoms with Gasteiger partial charge in [-0.3, -0.25) is 0 Å². The van der Waals surface area contributed by atoms with Gasteiger partial charge in [0.05, 0.1) is 6.54 Å². The second-order valence-electron chi connectivity index (χ2n) is 4.29. The third-order valence-corrected chi connectivity index (χ3v) is 2.79. The van der Waals surface area contributed by atoms with Crippen LogP contribution in [0.15, 0.2) is 28.7 Å². The second-order valence-corrected chi connectivity index (χ2v) is 5.21. The van der Waals surface area contributed by atoms with Gasteiger partial charge in [-0.25, -0.2) is 4.79 Å². The number of hydrogen-bond donors (Lipinski definition) is 2. The van der Waals surface area contributed by atoms with Crippen LogP contribution in [0.4, 0.5) is 4.79 Å². The number of nitrogens with zero attached hydrogens (tertiary/aromatic N) is 1. The first-order valence-electron chi connectivity index (χ1n) is 6.13. The molecule has 0 aliphatic carbocycles. The number of carbonyl (C=O) groups is 1. The monoisotopic (exact) mass is 329 g/mol. The maximum atomic E-state index is 11.4. The first-order chi connectivity index (χ1) is 9.08. The van der Waals surface area contributed by atoms with E-state index in [1.165, 1.54) is 0 Å². The zero-order valence-corrected chi connectivity index (χ0v) is 12.9. The maximum absolute atomic E-state index is 11.4. The third-order valence-electron chi connectivity index (χ3n) is 2.30. The van der Waals surface area contributed by atoms with Crippen LogP contribution in [0.25, 0.3) is 0 Å². The van der Waals surface area contributed by atoms with Crippen molar-refractivity contribution in [1.82, 2.24) is 15.5 Å². The standard InChI is InChI=1S/C13H20BrN3O2/c1-17(2)8-6-15-13(18)16-7-9-19-12-5-3-4-11(14)10-12/h3-5,10H,6-9H2,1-2H3,(H2,15,16,18). The van der Waals surface area contributed by atoms with Crippen molar-refractivity contribution >= 4 is 22.0 Å². The SMILES string of the molecule is CN(C)CCNC(=O)NCCOc1cccc(Br)c1. The Labute approximate surface area is 122 Å². The Hall–Kier alpha value is -1.27. The molecule has 0 aliphatic rings. The van der Waals surface area contributed by atoms with Crippen LogP contribution in [0.5, 0.6) is 5.75 Å². The molecule has 0 bridgehead atoms. The molecule has 0 atom stereocenters. The molecule has 0 saturated heterocycles. The van der Waals surface area contributed by atoms with E-state index in [1.807, 2.05) is 43.3 Å². The van der Waals surface area contributed by atoms with Gasteiger partial charge in [-0.1, -0.05) is 22.0 Å². The lowest BCUT2D eigenvalue weighted by molar-refractivity contribution is 0.235. The van der Waals surface area contributed by atoms with Gasteiger partial charge < -0.3 is 20.3 Å². The average Bonchev–Trinajstić information content (AvgIpc) is 2.34. The number of ether oxygens (including phenoxy) is 1. The van der Waals surface area contributed by atoms with E-state index >= 15 is 0 Å². The Kier molecular flexibility index (Phi) is 7.28. The van der Waals surface area contributed by atoms with Crippen LogP contribution in [0.2, 0.25) is 0 Å². The van der Waals surface area contributed by atoms with Crippen LogP contribution >= 0.6 is 15.9 Å². The molecular formula is C13H20BrN3O2. The van der Waals surface area contributed by atoms with E-state index < -0.39 is 0 Å². The van der Waals surface area contributed by atoms with E-state index in [0.717, 1.165) is 16.8 Å². The minimum atomic E-state index is -0.167. The van der Waals surface area contributed by atoms with Crippen molar-refractivity contribution < 1.29 is 9.53 Å². The van der Waals surface area contributed by atoms with Crippen molar-refractivity contribution in [2.45, 2.75) is 0 Å². The number of benzene rings is 1. The number of likely N-dealkylation sites (N-methyl/N-ethyl adjacent to an activating group) is 1. The highest BCUT2D eigenvalue weighted by molar-refractivity contribution is 9.10. The second kappa shape index (κ2) is 8.77. The first-order valence-corrected chi connectivity index (χ1v) is 6.92. The zero-order valence-electron chi connectivity index (χ0n) is 11.3. The van der Waals surface area contributed by atoms with Gasteiger partial charge in [-0.15, -0.1) is 0 Å². The van der Waals surface area contributed by atoms with E-state index in [1.54, 1.807) is 0 Å². The number of amides is 2. The van der Waals surface area contributed by atoms with Crippen molar-refractivity contribution in [2.75, 3.05) is 40.3 Å². The molecule has 0 saturated carbocycles. The van der Waals surface area contributed by atoms with Crippen LogP contribution in [-0.4, -0.2) is 51.3 Å². The largest absolute Gasteiger partial charge is 0.492 e. The van der Waals surface area contributed by atoms with Gasteiger partial charge >= 0.3 is 6.03 Å². The van der Waals surface area contributed by atoms with Crippen LogP contribution < -0.4 is 15.4 Å². The van der Waals surface area contributed by atoms with E-state index in [0.29, 0.717) is 19.7 Å². The predicted molar refractivity (Wildman–Crippen MR) is 79.6 cm³/mol. The molecule has 6 heteroatoms. The summed E-state index contributed by atoms with van der Waals surface area (Å²) in [6.45, 7) is 2.37. The van der Waals surface area contributed by atoms with Crippen molar-refractivity contribution in [3.05, 3.63) is 28.7 Å². The minimum absolute atomic E-state index is 0.167. The number of halogens is 1. The lowest BCUT2D eigenvalue weighted by atomic mass is 10.3. The maximum Gasteiger partial charge on any atom is 0.314 e. The lowest BCUT2D eigenvalue weighted by Crippen LogP contribution is -2.40. The molecule has 19 heavy (non-hydrogen) atoms. The summed E-state index contributed by atoms with van der Waals surface area (Å²) in [5.41, 5.74) is 0. The topological polar surface area (TPSA) is 53.6 Å². The Balaban J connectivity index is 2.08. The molecule has 1 aromatic carbocycles. The molecule has 0 radical (unpaired) electrons. The third kappa shape index (κ3) is 7.69. The molecule has 5 nitrogen and oxygen atoms in total. The Morgan fingerprint density at radius 3 is 2.74 bits per heavy atom. The highest BCUT2D eigenvalue weighted by Crippen LogP contribution is 2.17. The summed E-state index contributed by atoms with van der Waals surface area (Å²) in [6, 6.07) is 7.43. The molecule has 1 rings (SSSR count). The Morgan fingerprint density at radius 2 is 2.05 bits per heavy atom. The molecular weight excluding hydrogens is 310 g/mol. The Bertz CT molecular complexity index is 399. The molecule has 106 valence electrons. The quantitative estimate of drug-likeness (QED) is 0.748. The molecule has 0 fully saturated rings.